The topological polar surface area (TPSA) is 72.0 Å². The number of rotatable bonds is 6. The molecule has 1 N–H and O–H groups in total. The third-order valence-corrected chi connectivity index (χ3v) is 4.76. The monoisotopic (exact) mass is 305 g/mol. The fourth-order valence-corrected chi connectivity index (χ4v) is 3.60. The SMILES string of the molecule is CNC(CCCS(C)(=O)=O)c1snnc1C(C)(C)C. The van der Waals surface area contributed by atoms with Gasteiger partial charge < -0.3 is 5.32 Å². The molecule has 0 aliphatic carbocycles. The number of aromatic nitrogens is 2. The molecular weight excluding hydrogens is 282 g/mol. The molecule has 0 amide bonds. The Morgan fingerprint density at radius 1 is 1.37 bits per heavy atom. The molecule has 110 valence electrons. The van der Waals surface area contributed by atoms with Gasteiger partial charge in [-0.15, -0.1) is 5.10 Å². The Labute approximate surface area is 119 Å². The first-order chi connectivity index (χ1) is 8.65. The summed E-state index contributed by atoms with van der Waals surface area (Å²) in [5, 5.41) is 7.46. The van der Waals surface area contributed by atoms with Crippen molar-refractivity contribution in [2.24, 2.45) is 0 Å². The second kappa shape index (κ2) is 6.28. The van der Waals surface area contributed by atoms with Gasteiger partial charge in [-0.2, -0.15) is 0 Å². The van der Waals surface area contributed by atoms with E-state index in [2.05, 4.69) is 35.7 Å². The van der Waals surface area contributed by atoms with E-state index in [4.69, 9.17) is 0 Å². The summed E-state index contributed by atoms with van der Waals surface area (Å²) in [6.45, 7) is 6.32. The molecule has 0 fully saturated rings. The van der Waals surface area contributed by atoms with Crippen LogP contribution < -0.4 is 5.32 Å². The average Bonchev–Trinajstić information content (AvgIpc) is 2.71. The zero-order valence-corrected chi connectivity index (χ0v) is 13.9. The Balaban J connectivity index is 2.78. The average molecular weight is 305 g/mol. The Kier molecular flexibility index (Phi) is 5.46. The molecule has 0 saturated carbocycles. The van der Waals surface area contributed by atoms with Gasteiger partial charge in [0.15, 0.2) is 0 Å². The minimum Gasteiger partial charge on any atom is -0.312 e. The van der Waals surface area contributed by atoms with Gasteiger partial charge in [0.25, 0.3) is 0 Å². The maximum atomic E-state index is 11.2. The molecule has 5 nitrogen and oxygen atoms in total. The first-order valence-corrected chi connectivity index (χ1v) is 9.16. The molecule has 0 aliphatic heterocycles. The lowest BCUT2D eigenvalue weighted by atomic mass is 9.89. The smallest absolute Gasteiger partial charge is 0.147 e. The standard InChI is InChI=1S/C12H23N3O2S2/c1-12(2,3)11-10(18-15-14-11)9(13-4)7-6-8-19(5,16)17/h9,13H,6-8H2,1-5H3. The van der Waals surface area contributed by atoms with Crippen LogP contribution in [0.25, 0.3) is 0 Å². The van der Waals surface area contributed by atoms with Crippen molar-refractivity contribution in [3.63, 3.8) is 0 Å². The van der Waals surface area contributed by atoms with E-state index in [1.807, 2.05) is 7.05 Å². The molecule has 0 radical (unpaired) electrons. The molecule has 0 aromatic carbocycles. The summed E-state index contributed by atoms with van der Waals surface area (Å²) in [6, 6.07) is 0.121. The first kappa shape index (κ1) is 16.5. The molecule has 1 unspecified atom stereocenters. The van der Waals surface area contributed by atoms with Gasteiger partial charge in [0.2, 0.25) is 0 Å². The van der Waals surface area contributed by atoms with Crippen molar-refractivity contribution in [3.8, 4) is 0 Å². The maximum Gasteiger partial charge on any atom is 0.147 e. The molecule has 1 aromatic heterocycles. The zero-order valence-electron chi connectivity index (χ0n) is 12.2. The van der Waals surface area contributed by atoms with Gasteiger partial charge in [0, 0.05) is 23.5 Å². The molecule has 0 bridgehead atoms. The molecule has 1 heterocycles. The number of hydrogen-bond acceptors (Lipinski definition) is 6. The van der Waals surface area contributed by atoms with Crippen LogP contribution in [0, 0.1) is 0 Å². The van der Waals surface area contributed by atoms with E-state index in [1.54, 1.807) is 0 Å². The lowest BCUT2D eigenvalue weighted by Gasteiger charge is -2.21. The van der Waals surface area contributed by atoms with Crippen molar-refractivity contribution in [2.75, 3.05) is 19.1 Å². The van der Waals surface area contributed by atoms with Crippen LogP contribution in [-0.2, 0) is 15.3 Å². The van der Waals surface area contributed by atoms with Crippen LogP contribution in [0.1, 0.15) is 50.2 Å². The fourth-order valence-electron chi connectivity index (χ4n) is 1.90. The summed E-state index contributed by atoms with van der Waals surface area (Å²) in [6.07, 6.45) is 2.69. The van der Waals surface area contributed by atoms with Crippen LogP contribution in [0.3, 0.4) is 0 Å². The summed E-state index contributed by atoms with van der Waals surface area (Å²) in [4.78, 5) is 1.11. The van der Waals surface area contributed by atoms with Gasteiger partial charge in [-0.25, -0.2) is 8.42 Å². The van der Waals surface area contributed by atoms with E-state index in [0.29, 0.717) is 6.42 Å². The lowest BCUT2D eigenvalue weighted by Crippen LogP contribution is -2.22. The first-order valence-electron chi connectivity index (χ1n) is 6.33. The van der Waals surface area contributed by atoms with Crippen molar-refractivity contribution in [1.29, 1.82) is 0 Å². The third kappa shape index (κ3) is 5.16. The van der Waals surface area contributed by atoms with E-state index in [1.165, 1.54) is 17.8 Å². The van der Waals surface area contributed by atoms with Crippen molar-refractivity contribution < 1.29 is 8.42 Å². The van der Waals surface area contributed by atoms with Crippen LogP contribution in [0.15, 0.2) is 0 Å². The molecule has 1 atom stereocenters. The summed E-state index contributed by atoms with van der Waals surface area (Å²) in [5.41, 5.74) is 0.949. The van der Waals surface area contributed by atoms with E-state index in [9.17, 15) is 8.42 Å². The molecule has 19 heavy (non-hydrogen) atoms. The number of hydrogen-bond donors (Lipinski definition) is 1. The fraction of sp³-hybridized carbons (Fsp3) is 0.833. The highest BCUT2D eigenvalue weighted by atomic mass is 32.2. The minimum absolute atomic E-state index is 0.0474. The Bertz CT molecular complexity index is 503. The molecular formula is C12H23N3O2S2. The van der Waals surface area contributed by atoms with E-state index >= 15 is 0 Å². The molecule has 1 aromatic rings. The zero-order chi connectivity index (χ0) is 14.7. The second-order valence-corrected chi connectivity index (χ2v) is 8.89. The normalized spacial score (nSPS) is 14.6. The van der Waals surface area contributed by atoms with Crippen molar-refractivity contribution in [3.05, 3.63) is 10.6 Å². The van der Waals surface area contributed by atoms with Gasteiger partial charge in [-0.3, -0.25) is 0 Å². The Morgan fingerprint density at radius 3 is 2.47 bits per heavy atom. The van der Waals surface area contributed by atoms with Crippen LogP contribution in [0.5, 0.6) is 0 Å². The van der Waals surface area contributed by atoms with Crippen molar-refractivity contribution >= 4 is 21.4 Å². The lowest BCUT2D eigenvalue weighted by molar-refractivity contribution is 0.508. The van der Waals surface area contributed by atoms with Gasteiger partial charge >= 0.3 is 0 Å². The van der Waals surface area contributed by atoms with Gasteiger partial charge in [0.05, 0.1) is 10.6 Å². The maximum absolute atomic E-state index is 11.2. The largest absolute Gasteiger partial charge is 0.312 e. The predicted octanol–water partition coefficient (Wildman–Crippen LogP) is 1.92. The highest BCUT2D eigenvalue weighted by Gasteiger charge is 2.26. The quantitative estimate of drug-likeness (QED) is 0.869. The Morgan fingerprint density at radius 2 is 2.00 bits per heavy atom. The molecule has 0 spiro atoms. The van der Waals surface area contributed by atoms with E-state index < -0.39 is 9.84 Å². The second-order valence-electron chi connectivity index (χ2n) is 5.85. The van der Waals surface area contributed by atoms with Crippen LogP contribution >= 0.6 is 11.5 Å². The number of nitrogens with zero attached hydrogens (tertiary/aromatic N) is 2. The van der Waals surface area contributed by atoms with Crippen molar-refractivity contribution in [1.82, 2.24) is 14.9 Å². The Hall–Kier alpha value is -0.530. The predicted molar refractivity (Wildman–Crippen MR) is 79.4 cm³/mol. The summed E-state index contributed by atoms with van der Waals surface area (Å²) in [7, 11) is -1.00. The third-order valence-electron chi connectivity index (χ3n) is 2.90. The minimum atomic E-state index is -2.89. The van der Waals surface area contributed by atoms with Gasteiger partial charge in [0.1, 0.15) is 9.84 Å². The summed E-state index contributed by atoms with van der Waals surface area (Å²) in [5.74, 6) is 0.224. The van der Waals surface area contributed by atoms with Crippen LogP contribution in [0.4, 0.5) is 0 Å². The van der Waals surface area contributed by atoms with Crippen LogP contribution in [-0.4, -0.2) is 37.1 Å². The highest BCUT2D eigenvalue weighted by Crippen LogP contribution is 2.32. The van der Waals surface area contributed by atoms with Crippen LogP contribution in [0.2, 0.25) is 0 Å². The van der Waals surface area contributed by atoms with Gasteiger partial charge in [-0.1, -0.05) is 25.3 Å². The summed E-state index contributed by atoms with van der Waals surface area (Å²) >= 11 is 1.39. The molecule has 0 aliphatic rings. The van der Waals surface area contributed by atoms with E-state index in [-0.39, 0.29) is 17.2 Å². The van der Waals surface area contributed by atoms with Gasteiger partial charge in [-0.05, 0) is 31.4 Å². The van der Waals surface area contributed by atoms with E-state index in [0.717, 1.165) is 17.0 Å². The summed E-state index contributed by atoms with van der Waals surface area (Å²) < 4.78 is 26.4. The van der Waals surface area contributed by atoms with Crippen molar-refractivity contribution in [2.45, 2.75) is 45.1 Å². The molecule has 1 rings (SSSR count). The molecule has 0 saturated heterocycles. The highest BCUT2D eigenvalue weighted by molar-refractivity contribution is 7.90. The molecule has 7 heteroatoms. The number of nitrogens with one attached hydrogen (secondary N) is 1. The number of sulfone groups is 1.